The van der Waals surface area contributed by atoms with Crippen LogP contribution in [0.25, 0.3) is 0 Å². The molecule has 1 aliphatic heterocycles. The Morgan fingerprint density at radius 1 is 1.19 bits per heavy atom. The molecule has 5 heteroatoms. The molecule has 1 aliphatic carbocycles. The molecule has 1 N–H and O–H groups in total. The fraction of sp³-hybridized carbons (Fsp3) is 0.476. The minimum absolute atomic E-state index is 0.0353. The van der Waals surface area contributed by atoms with Gasteiger partial charge in [-0.2, -0.15) is 0 Å². The van der Waals surface area contributed by atoms with Crippen LogP contribution in [0.4, 0.5) is 0 Å². The molecule has 1 aromatic heterocycles. The molecule has 26 heavy (non-hydrogen) atoms. The molecule has 0 bridgehead atoms. The summed E-state index contributed by atoms with van der Waals surface area (Å²) in [7, 11) is 0. The zero-order chi connectivity index (χ0) is 18.0. The number of carbonyl (C=O) groups is 1. The monoisotopic (exact) mass is 371 g/mol. The van der Waals surface area contributed by atoms with Crippen LogP contribution in [-0.2, 0) is 24.1 Å². The summed E-state index contributed by atoms with van der Waals surface area (Å²) in [5.74, 6) is 0.0353. The zero-order valence-corrected chi connectivity index (χ0v) is 15.8. The van der Waals surface area contributed by atoms with Gasteiger partial charge in [0.05, 0.1) is 17.0 Å². The van der Waals surface area contributed by atoms with E-state index in [0.29, 0.717) is 39.1 Å². The number of thiophene rings is 1. The van der Waals surface area contributed by atoms with Crippen molar-refractivity contribution in [2.45, 2.75) is 44.2 Å². The van der Waals surface area contributed by atoms with Crippen LogP contribution >= 0.6 is 11.3 Å². The fourth-order valence-electron chi connectivity index (χ4n) is 3.86. The molecule has 4 rings (SSSR count). The topological polar surface area (TPSA) is 49.8 Å². The normalized spacial score (nSPS) is 18.5. The first-order chi connectivity index (χ1) is 12.6. The number of fused-ring (bicyclic) bond motifs is 1. The number of benzene rings is 1. The maximum absolute atomic E-state index is 13.3. The van der Waals surface area contributed by atoms with Crippen LogP contribution in [0.1, 0.15) is 44.9 Å². The van der Waals surface area contributed by atoms with Crippen LogP contribution in [0.3, 0.4) is 0 Å². The van der Waals surface area contributed by atoms with Gasteiger partial charge < -0.3 is 14.7 Å². The first-order valence-corrected chi connectivity index (χ1v) is 10.2. The van der Waals surface area contributed by atoms with Crippen LogP contribution in [0.5, 0.6) is 0 Å². The maximum atomic E-state index is 13.3. The van der Waals surface area contributed by atoms with Gasteiger partial charge in [0, 0.05) is 37.5 Å². The quantitative estimate of drug-likeness (QED) is 0.876. The number of aliphatic hydroxyl groups is 1. The van der Waals surface area contributed by atoms with Crippen molar-refractivity contribution in [1.82, 2.24) is 4.90 Å². The summed E-state index contributed by atoms with van der Waals surface area (Å²) >= 11 is 1.63. The van der Waals surface area contributed by atoms with Crippen molar-refractivity contribution < 1.29 is 14.6 Å². The first-order valence-electron chi connectivity index (χ1n) is 9.38. The Hall–Kier alpha value is -1.69. The highest BCUT2D eigenvalue weighted by atomic mass is 32.1. The van der Waals surface area contributed by atoms with Crippen LogP contribution in [0.15, 0.2) is 36.4 Å². The van der Waals surface area contributed by atoms with Gasteiger partial charge in [0.1, 0.15) is 0 Å². The van der Waals surface area contributed by atoms with Crippen LogP contribution in [0.2, 0.25) is 0 Å². The Kier molecular flexibility index (Phi) is 5.11. The number of ether oxygens (including phenoxy) is 1. The van der Waals surface area contributed by atoms with Gasteiger partial charge in [0.2, 0.25) is 0 Å². The van der Waals surface area contributed by atoms with E-state index >= 15 is 0 Å². The van der Waals surface area contributed by atoms with Gasteiger partial charge in [0.15, 0.2) is 0 Å². The van der Waals surface area contributed by atoms with Crippen molar-refractivity contribution >= 4 is 17.2 Å². The lowest BCUT2D eigenvalue weighted by molar-refractivity contribution is -0.0766. The average molecular weight is 372 g/mol. The lowest BCUT2D eigenvalue weighted by atomic mass is 9.93. The Morgan fingerprint density at radius 3 is 2.69 bits per heavy atom. The van der Waals surface area contributed by atoms with Gasteiger partial charge in [-0.05, 0) is 36.5 Å². The summed E-state index contributed by atoms with van der Waals surface area (Å²) in [5.41, 5.74) is 1.56. The molecule has 1 aromatic carbocycles. The fourth-order valence-corrected chi connectivity index (χ4v) is 5.08. The first kappa shape index (κ1) is 17.7. The lowest BCUT2D eigenvalue weighted by Crippen LogP contribution is -2.48. The molecule has 0 saturated carbocycles. The summed E-state index contributed by atoms with van der Waals surface area (Å²) in [5, 5.41) is 11.0. The van der Waals surface area contributed by atoms with Gasteiger partial charge in [-0.15, -0.1) is 11.3 Å². The number of hydrogen-bond acceptors (Lipinski definition) is 4. The van der Waals surface area contributed by atoms with E-state index in [2.05, 4.69) is 6.07 Å². The predicted octanol–water partition coefficient (Wildman–Crippen LogP) is 3.42. The number of hydrogen-bond donors (Lipinski definition) is 1. The SMILES string of the molecule is O=C(c1cc2c(s1)CCC2)N(Cc1ccccc1)CC1(O)CCOCC1. The van der Waals surface area contributed by atoms with Crippen LogP contribution < -0.4 is 0 Å². The van der Waals surface area contributed by atoms with Crippen LogP contribution in [-0.4, -0.2) is 41.3 Å². The summed E-state index contributed by atoms with van der Waals surface area (Å²) in [6.07, 6.45) is 4.52. The smallest absolute Gasteiger partial charge is 0.264 e. The van der Waals surface area contributed by atoms with Gasteiger partial charge in [-0.3, -0.25) is 4.79 Å². The minimum Gasteiger partial charge on any atom is -0.388 e. The number of amides is 1. The standard InChI is InChI=1S/C21H25NO3S/c23-20(19-13-17-7-4-8-18(17)26-19)22(14-16-5-2-1-3-6-16)15-21(24)9-11-25-12-10-21/h1-3,5-6,13,24H,4,7-12,14-15H2. The number of carbonyl (C=O) groups excluding carboxylic acids is 1. The van der Waals surface area contributed by atoms with E-state index in [1.165, 1.54) is 16.9 Å². The number of nitrogens with zero attached hydrogens (tertiary/aromatic N) is 1. The molecule has 0 unspecified atom stereocenters. The highest BCUT2D eigenvalue weighted by Crippen LogP contribution is 2.32. The van der Waals surface area contributed by atoms with Gasteiger partial charge in [0.25, 0.3) is 5.91 Å². The molecule has 2 aliphatic rings. The van der Waals surface area contributed by atoms with E-state index in [-0.39, 0.29) is 5.91 Å². The molecule has 0 spiro atoms. The average Bonchev–Trinajstić information content (AvgIpc) is 3.24. The largest absolute Gasteiger partial charge is 0.388 e. The highest BCUT2D eigenvalue weighted by molar-refractivity contribution is 7.14. The second-order valence-electron chi connectivity index (χ2n) is 7.40. The third-order valence-corrected chi connectivity index (χ3v) is 6.59. The summed E-state index contributed by atoms with van der Waals surface area (Å²) in [4.78, 5) is 17.3. The molecular weight excluding hydrogens is 346 g/mol. The number of rotatable bonds is 5. The molecule has 0 radical (unpaired) electrons. The Labute approximate surface area is 158 Å². The van der Waals surface area contributed by atoms with Crippen molar-refractivity contribution in [3.8, 4) is 0 Å². The van der Waals surface area contributed by atoms with E-state index in [1.807, 2.05) is 35.2 Å². The molecule has 4 nitrogen and oxygen atoms in total. The minimum atomic E-state index is -0.858. The second kappa shape index (κ2) is 7.51. The molecule has 0 atom stereocenters. The molecule has 2 heterocycles. The van der Waals surface area contributed by atoms with Crippen molar-refractivity contribution in [1.29, 1.82) is 0 Å². The maximum Gasteiger partial charge on any atom is 0.264 e. The van der Waals surface area contributed by atoms with E-state index < -0.39 is 5.60 Å². The summed E-state index contributed by atoms with van der Waals surface area (Å²) < 4.78 is 5.39. The lowest BCUT2D eigenvalue weighted by Gasteiger charge is -2.36. The Bertz CT molecular complexity index is 743. The molecule has 2 aromatic rings. The van der Waals surface area contributed by atoms with Crippen molar-refractivity contribution in [2.24, 2.45) is 0 Å². The third-order valence-electron chi connectivity index (χ3n) is 5.37. The van der Waals surface area contributed by atoms with E-state index in [0.717, 1.165) is 23.3 Å². The van der Waals surface area contributed by atoms with E-state index in [9.17, 15) is 9.90 Å². The molecule has 1 saturated heterocycles. The Morgan fingerprint density at radius 2 is 1.96 bits per heavy atom. The number of aryl methyl sites for hydroxylation is 2. The molecule has 138 valence electrons. The third kappa shape index (κ3) is 3.85. The highest BCUT2D eigenvalue weighted by Gasteiger charge is 2.34. The van der Waals surface area contributed by atoms with E-state index in [4.69, 9.17) is 4.74 Å². The Balaban J connectivity index is 1.57. The van der Waals surface area contributed by atoms with Crippen LogP contribution in [0, 0.1) is 0 Å². The second-order valence-corrected chi connectivity index (χ2v) is 8.53. The van der Waals surface area contributed by atoms with Crippen molar-refractivity contribution in [2.75, 3.05) is 19.8 Å². The molecule has 1 fully saturated rings. The van der Waals surface area contributed by atoms with Gasteiger partial charge in [-0.1, -0.05) is 30.3 Å². The van der Waals surface area contributed by atoms with Crippen molar-refractivity contribution in [3.63, 3.8) is 0 Å². The van der Waals surface area contributed by atoms with Crippen molar-refractivity contribution in [3.05, 3.63) is 57.3 Å². The van der Waals surface area contributed by atoms with E-state index in [1.54, 1.807) is 11.3 Å². The summed E-state index contributed by atoms with van der Waals surface area (Å²) in [6, 6.07) is 12.1. The molecule has 1 amide bonds. The predicted molar refractivity (Wildman–Crippen MR) is 103 cm³/mol. The summed E-state index contributed by atoms with van der Waals surface area (Å²) in [6.45, 7) is 1.98. The molecular formula is C21H25NO3S. The van der Waals surface area contributed by atoms with Gasteiger partial charge in [-0.25, -0.2) is 0 Å². The zero-order valence-electron chi connectivity index (χ0n) is 14.9. The van der Waals surface area contributed by atoms with Gasteiger partial charge >= 0.3 is 0 Å².